The van der Waals surface area contributed by atoms with Crippen molar-refractivity contribution in [2.45, 2.75) is 43.7 Å². The first-order chi connectivity index (χ1) is 19.9. The SMILES string of the molecule is CC(C)(C)NS(=O)(=O)c1ccccc1-c1ccc(NC(=O)C(Cc2ccccc2)NC(=O)Nc2ccc(Cl)cc2)cc1. The number of sulfonamides is 1. The van der Waals surface area contributed by atoms with Gasteiger partial charge >= 0.3 is 6.03 Å². The smallest absolute Gasteiger partial charge is 0.319 e. The minimum atomic E-state index is -3.78. The number of rotatable bonds is 9. The molecule has 8 nitrogen and oxygen atoms in total. The van der Waals surface area contributed by atoms with Gasteiger partial charge in [0.15, 0.2) is 0 Å². The number of nitrogens with one attached hydrogen (secondary N) is 4. The zero-order chi connectivity index (χ0) is 30.3. The Balaban J connectivity index is 1.51. The molecule has 0 saturated carbocycles. The van der Waals surface area contributed by atoms with Gasteiger partial charge in [0, 0.05) is 33.9 Å². The van der Waals surface area contributed by atoms with Crippen LogP contribution >= 0.6 is 11.6 Å². The van der Waals surface area contributed by atoms with Crippen LogP contribution in [0.15, 0.2) is 108 Å². The highest BCUT2D eigenvalue weighted by Crippen LogP contribution is 2.29. The third-order valence-corrected chi connectivity index (χ3v) is 8.16. The second kappa shape index (κ2) is 13.2. The lowest BCUT2D eigenvalue weighted by atomic mass is 10.0. The zero-order valence-electron chi connectivity index (χ0n) is 23.5. The van der Waals surface area contributed by atoms with Gasteiger partial charge in [0.25, 0.3) is 0 Å². The van der Waals surface area contributed by atoms with Crippen molar-refractivity contribution >= 4 is 44.9 Å². The van der Waals surface area contributed by atoms with Crippen molar-refractivity contribution < 1.29 is 18.0 Å². The largest absolute Gasteiger partial charge is 0.326 e. The molecule has 1 atom stereocenters. The summed E-state index contributed by atoms with van der Waals surface area (Å²) in [5, 5.41) is 8.88. The summed E-state index contributed by atoms with van der Waals surface area (Å²) in [5.41, 5.74) is 2.47. The molecule has 0 fully saturated rings. The molecule has 0 heterocycles. The summed E-state index contributed by atoms with van der Waals surface area (Å²) in [5.74, 6) is -0.407. The summed E-state index contributed by atoms with van der Waals surface area (Å²) in [7, 11) is -3.78. The molecule has 4 rings (SSSR count). The second-order valence-electron chi connectivity index (χ2n) is 10.8. The molecule has 10 heteroatoms. The average molecular weight is 605 g/mol. The fourth-order valence-corrected chi connectivity index (χ4v) is 6.05. The van der Waals surface area contributed by atoms with Crippen molar-refractivity contribution in [1.29, 1.82) is 0 Å². The van der Waals surface area contributed by atoms with Gasteiger partial charge in [-0.1, -0.05) is 72.3 Å². The molecular formula is C32H33ClN4O4S. The van der Waals surface area contributed by atoms with Crippen LogP contribution in [0.2, 0.25) is 5.02 Å². The molecule has 0 aliphatic heterocycles. The van der Waals surface area contributed by atoms with E-state index in [1.807, 2.05) is 30.3 Å². The average Bonchev–Trinajstić information content (AvgIpc) is 2.94. The molecule has 3 amide bonds. The van der Waals surface area contributed by atoms with Crippen LogP contribution in [-0.4, -0.2) is 31.9 Å². The first kappa shape index (κ1) is 30.8. The van der Waals surface area contributed by atoms with E-state index in [0.29, 0.717) is 27.5 Å². The van der Waals surface area contributed by atoms with Gasteiger partial charge < -0.3 is 16.0 Å². The van der Waals surface area contributed by atoms with Crippen molar-refractivity contribution in [2.75, 3.05) is 10.6 Å². The molecule has 0 bridgehead atoms. The second-order valence-corrected chi connectivity index (χ2v) is 12.9. The lowest BCUT2D eigenvalue weighted by Crippen LogP contribution is -2.46. The molecule has 0 aliphatic carbocycles. The highest BCUT2D eigenvalue weighted by molar-refractivity contribution is 7.89. The van der Waals surface area contributed by atoms with Crippen molar-refractivity contribution in [3.05, 3.63) is 114 Å². The number of benzene rings is 4. The van der Waals surface area contributed by atoms with Crippen LogP contribution in [0.5, 0.6) is 0 Å². The van der Waals surface area contributed by atoms with Crippen LogP contribution < -0.4 is 20.7 Å². The Bertz CT molecular complexity index is 1640. The number of halogens is 1. The van der Waals surface area contributed by atoms with Crippen molar-refractivity contribution in [3.63, 3.8) is 0 Å². The lowest BCUT2D eigenvalue weighted by molar-refractivity contribution is -0.117. The minimum Gasteiger partial charge on any atom is -0.326 e. The fourth-order valence-electron chi connectivity index (χ4n) is 4.28. The Morgan fingerprint density at radius 2 is 1.33 bits per heavy atom. The molecule has 4 aromatic carbocycles. The maximum atomic E-state index is 13.4. The fraction of sp³-hybridized carbons (Fsp3) is 0.188. The Morgan fingerprint density at radius 3 is 1.98 bits per heavy atom. The van der Waals surface area contributed by atoms with Crippen LogP contribution in [0.3, 0.4) is 0 Å². The number of hydrogen-bond donors (Lipinski definition) is 4. The summed E-state index contributed by atoms with van der Waals surface area (Å²) in [6, 6.07) is 28.2. The first-order valence-corrected chi connectivity index (χ1v) is 15.2. The summed E-state index contributed by atoms with van der Waals surface area (Å²) in [6.45, 7) is 5.35. The molecule has 4 aromatic rings. The van der Waals surface area contributed by atoms with E-state index in [1.165, 1.54) is 0 Å². The predicted molar refractivity (Wildman–Crippen MR) is 168 cm³/mol. The molecule has 0 spiro atoms. The van der Waals surface area contributed by atoms with Gasteiger partial charge in [-0.15, -0.1) is 0 Å². The molecule has 0 aliphatic rings. The van der Waals surface area contributed by atoms with Gasteiger partial charge in [0.1, 0.15) is 6.04 Å². The van der Waals surface area contributed by atoms with E-state index in [9.17, 15) is 18.0 Å². The van der Waals surface area contributed by atoms with Crippen LogP contribution in [0.1, 0.15) is 26.3 Å². The molecule has 0 saturated heterocycles. The maximum absolute atomic E-state index is 13.4. The molecule has 4 N–H and O–H groups in total. The lowest BCUT2D eigenvalue weighted by Gasteiger charge is -2.22. The number of carbonyl (C=O) groups excluding carboxylic acids is 2. The van der Waals surface area contributed by atoms with Crippen LogP contribution in [0, 0.1) is 0 Å². The van der Waals surface area contributed by atoms with Gasteiger partial charge in [-0.2, -0.15) is 0 Å². The number of hydrogen-bond acceptors (Lipinski definition) is 4. The number of carbonyl (C=O) groups is 2. The van der Waals surface area contributed by atoms with Crippen molar-refractivity contribution in [3.8, 4) is 11.1 Å². The van der Waals surface area contributed by atoms with Crippen molar-refractivity contribution in [2.24, 2.45) is 0 Å². The topological polar surface area (TPSA) is 116 Å². The van der Waals surface area contributed by atoms with E-state index in [2.05, 4.69) is 20.7 Å². The van der Waals surface area contributed by atoms with E-state index < -0.39 is 33.5 Å². The molecule has 0 radical (unpaired) electrons. The van der Waals surface area contributed by atoms with E-state index in [1.54, 1.807) is 93.6 Å². The summed E-state index contributed by atoms with van der Waals surface area (Å²) in [4.78, 5) is 26.3. The van der Waals surface area contributed by atoms with Crippen LogP contribution in [-0.2, 0) is 21.2 Å². The number of urea groups is 1. The van der Waals surface area contributed by atoms with E-state index in [4.69, 9.17) is 11.6 Å². The van der Waals surface area contributed by atoms with Crippen LogP contribution in [0.25, 0.3) is 11.1 Å². The van der Waals surface area contributed by atoms with Crippen LogP contribution in [0.4, 0.5) is 16.2 Å². The quantitative estimate of drug-likeness (QED) is 0.175. The third-order valence-electron chi connectivity index (χ3n) is 6.09. The van der Waals surface area contributed by atoms with Gasteiger partial charge in [-0.25, -0.2) is 17.9 Å². The maximum Gasteiger partial charge on any atom is 0.319 e. The molecule has 42 heavy (non-hydrogen) atoms. The normalized spacial score (nSPS) is 12.3. The van der Waals surface area contributed by atoms with E-state index in [-0.39, 0.29) is 11.3 Å². The molecular weight excluding hydrogens is 572 g/mol. The van der Waals surface area contributed by atoms with Gasteiger partial charge in [0.2, 0.25) is 15.9 Å². The Morgan fingerprint density at radius 1 is 0.762 bits per heavy atom. The first-order valence-electron chi connectivity index (χ1n) is 13.3. The summed E-state index contributed by atoms with van der Waals surface area (Å²) in [6.07, 6.45) is 0.269. The Labute approximate surface area is 251 Å². The predicted octanol–water partition coefficient (Wildman–Crippen LogP) is 6.46. The van der Waals surface area contributed by atoms with Crippen molar-refractivity contribution in [1.82, 2.24) is 10.0 Å². The van der Waals surface area contributed by atoms with Gasteiger partial charge in [-0.3, -0.25) is 4.79 Å². The third kappa shape index (κ3) is 8.66. The monoisotopic (exact) mass is 604 g/mol. The van der Waals surface area contributed by atoms with Gasteiger partial charge in [-0.05, 0) is 74.4 Å². The highest BCUT2D eigenvalue weighted by atomic mass is 35.5. The molecule has 1 unspecified atom stereocenters. The Hall–Kier alpha value is -4.18. The summed E-state index contributed by atoms with van der Waals surface area (Å²) < 4.78 is 28.9. The van der Waals surface area contributed by atoms with Gasteiger partial charge in [0.05, 0.1) is 4.90 Å². The van der Waals surface area contributed by atoms with E-state index in [0.717, 1.165) is 5.56 Å². The number of anilines is 2. The molecule has 218 valence electrons. The summed E-state index contributed by atoms with van der Waals surface area (Å²) >= 11 is 5.93. The zero-order valence-corrected chi connectivity index (χ0v) is 25.1. The Kier molecular flexibility index (Phi) is 9.67. The number of amides is 3. The standard InChI is InChI=1S/C32H33ClN4O4S/c1-32(2,3)37-42(40,41)29-12-8-7-11-27(29)23-13-17-25(18-14-23)34-30(38)28(21-22-9-5-4-6-10-22)36-31(39)35-26-19-15-24(33)16-20-26/h4-20,28,37H,21H2,1-3H3,(H,34,38)(H2,35,36,39). The highest BCUT2D eigenvalue weighted by Gasteiger charge is 2.25. The minimum absolute atomic E-state index is 0.163. The van der Waals surface area contributed by atoms with E-state index >= 15 is 0 Å². The molecule has 0 aromatic heterocycles.